The van der Waals surface area contributed by atoms with Crippen molar-refractivity contribution in [3.63, 3.8) is 0 Å². The normalized spacial score (nSPS) is 17.4. The van der Waals surface area contributed by atoms with Crippen molar-refractivity contribution in [1.29, 1.82) is 5.41 Å². The largest absolute Gasteiger partial charge is 0.471 e. The maximum atomic E-state index is 8.74. The minimum atomic E-state index is -0.450. The van der Waals surface area contributed by atoms with E-state index in [0.29, 0.717) is 43.7 Å². The monoisotopic (exact) mass is 511 g/mol. The molecular weight excluding hydrogens is 485 g/mol. The van der Waals surface area contributed by atoms with Gasteiger partial charge in [0.15, 0.2) is 6.23 Å². The van der Waals surface area contributed by atoms with Gasteiger partial charge < -0.3 is 25.6 Å². The van der Waals surface area contributed by atoms with Gasteiger partial charge in [0.05, 0.1) is 21.4 Å². The number of halogens is 2. The first-order valence-corrected chi connectivity index (χ1v) is 12.1. The number of anilines is 3. The number of pyridine rings is 2. The summed E-state index contributed by atoms with van der Waals surface area (Å²) in [7, 11) is 2.15. The van der Waals surface area contributed by atoms with Gasteiger partial charge in [-0.15, -0.1) is 0 Å². The summed E-state index contributed by atoms with van der Waals surface area (Å²) < 4.78 is 6.00. The number of hydrogen-bond acceptors (Lipinski definition) is 8. The number of likely N-dealkylation sites (tertiary alicyclic amines) is 1. The number of nitrogen functional groups attached to an aromatic ring is 1. The average molecular weight is 512 g/mol. The van der Waals surface area contributed by atoms with Crippen molar-refractivity contribution in [1.82, 2.24) is 14.9 Å². The lowest BCUT2D eigenvalue weighted by atomic mass is 9.73. The van der Waals surface area contributed by atoms with Crippen LogP contribution in [0.5, 0.6) is 5.75 Å². The number of nitrogens with one attached hydrogen (secondary N) is 2. The van der Waals surface area contributed by atoms with Crippen LogP contribution in [0.4, 0.5) is 17.2 Å². The van der Waals surface area contributed by atoms with E-state index in [2.05, 4.69) is 32.1 Å². The van der Waals surface area contributed by atoms with Gasteiger partial charge in [-0.25, -0.2) is 4.98 Å². The van der Waals surface area contributed by atoms with Gasteiger partial charge in [0.2, 0.25) is 0 Å². The Kier molecular flexibility index (Phi) is 6.21. The SMILES string of the molecule is C[C@H](Nc1c(Cl)cncc1Cl)Oc1ccc(N)c(C(=N)c2ccc(N3CC4(CN(C)C4)C3)nc2)c1. The van der Waals surface area contributed by atoms with Gasteiger partial charge >= 0.3 is 0 Å². The van der Waals surface area contributed by atoms with Gasteiger partial charge in [0.1, 0.15) is 11.6 Å². The summed E-state index contributed by atoms with van der Waals surface area (Å²) in [5.74, 6) is 1.50. The number of benzene rings is 1. The number of hydrogen-bond donors (Lipinski definition) is 3. The lowest BCUT2D eigenvalue weighted by molar-refractivity contribution is -0.00279. The van der Waals surface area contributed by atoms with Crippen molar-refractivity contribution in [2.45, 2.75) is 13.2 Å². The zero-order valence-corrected chi connectivity index (χ0v) is 21.1. The highest BCUT2D eigenvalue weighted by atomic mass is 35.5. The van der Waals surface area contributed by atoms with Gasteiger partial charge in [-0.2, -0.15) is 0 Å². The second-order valence-electron chi connectivity index (χ2n) is 9.44. The fourth-order valence-electron chi connectivity index (χ4n) is 4.91. The summed E-state index contributed by atoms with van der Waals surface area (Å²) in [6, 6.07) is 9.15. The second-order valence-corrected chi connectivity index (χ2v) is 10.3. The van der Waals surface area contributed by atoms with Crippen LogP contribution in [0, 0.1) is 10.8 Å². The van der Waals surface area contributed by atoms with E-state index in [1.807, 2.05) is 19.1 Å². The molecule has 2 aliphatic rings. The molecule has 2 saturated heterocycles. The van der Waals surface area contributed by atoms with E-state index >= 15 is 0 Å². The Hall–Kier alpha value is -3.07. The van der Waals surface area contributed by atoms with E-state index in [9.17, 15) is 0 Å². The molecule has 4 heterocycles. The standard InChI is InChI=1S/C25H27Cl2N7O/c1-15(32-24-19(26)9-30-10-20(24)27)35-17-4-5-21(28)18(7-17)23(29)16-3-6-22(31-8-16)34-13-25(14-34)11-33(2)12-25/h3-10,15,29H,11-14,28H2,1-2H3,(H,30,32)/t15-/m1/s1. The maximum Gasteiger partial charge on any atom is 0.167 e. The highest BCUT2D eigenvalue weighted by Crippen LogP contribution is 2.40. The van der Waals surface area contributed by atoms with Crippen molar-refractivity contribution in [2.75, 3.05) is 49.2 Å². The van der Waals surface area contributed by atoms with Crippen LogP contribution >= 0.6 is 23.2 Å². The highest BCUT2D eigenvalue weighted by Gasteiger charge is 2.50. The van der Waals surface area contributed by atoms with E-state index in [1.165, 1.54) is 12.4 Å². The highest BCUT2D eigenvalue weighted by molar-refractivity contribution is 6.38. The van der Waals surface area contributed by atoms with Crippen molar-refractivity contribution < 1.29 is 4.74 Å². The summed E-state index contributed by atoms with van der Waals surface area (Å²) in [6.07, 6.45) is 4.31. The average Bonchev–Trinajstić information content (AvgIpc) is 2.79. The fraction of sp³-hybridized carbons (Fsp3) is 0.320. The minimum Gasteiger partial charge on any atom is -0.471 e. The molecule has 1 spiro atoms. The quantitative estimate of drug-likeness (QED) is 0.245. The molecule has 1 atom stereocenters. The number of nitrogens with two attached hydrogens (primary N) is 1. The molecule has 0 bridgehead atoms. The third kappa shape index (κ3) is 4.74. The van der Waals surface area contributed by atoms with Crippen LogP contribution in [0.25, 0.3) is 0 Å². The number of nitrogens with zero attached hydrogens (tertiary/aromatic N) is 4. The van der Waals surface area contributed by atoms with Crippen LogP contribution in [0.3, 0.4) is 0 Å². The van der Waals surface area contributed by atoms with E-state index in [0.717, 1.165) is 32.0 Å². The molecule has 182 valence electrons. The van der Waals surface area contributed by atoms with Crippen LogP contribution in [0.15, 0.2) is 48.9 Å². The molecule has 35 heavy (non-hydrogen) atoms. The molecule has 0 radical (unpaired) electrons. The molecule has 2 fully saturated rings. The molecule has 10 heteroatoms. The molecule has 4 N–H and O–H groups in total. The van der Waals surface area contributed by atoms with Crippen molar-refractivity contribution in [3.05, 3.63) is 70.1 Å². The van der Waals surface area contributed by atoms with Gasteiger partial charge in [-0.1, -0.05) is 23.2 Å². The van der Waals surface area contributed by atoms with Crippen molar-refractivity contribution >= 4 is 46.1 Å². The maximum absolute atomic E-state index is 8.74. The van der Waals surface area contributed by atoms with Gasteiger partial charge in [0, 0.05) is 67.0 Å². The number of ether oxygens (including phenoxy) is 1. The summed E-state index contributed by atoms with van der Waals surface area (Å²) in [6.45, 7) is 6.21. The van der Waals surface area contributed by atoms with E-state index in [4.69, 9.17) is 39.1 Å². The molecule has 3 aromatic rings. The van der Waals surface area contributed by atoms with Crippen LogP contribution in [-0.2, 0) is 0 Å². The smallest absolute Gasteiger partial charge is 0.167 e. The lowest BCUT2D eigenvalue weighted by Gasteiger charge is -2.59. The van der Waals surface area contributed by atoms with Crippen molar-refractivity contribution in [2.24, 2.45) is 5.41 Å². The summed E-state index contributed by atoms with van der Waals surface area (Å²) in [5, 5.41) is 12.7. The third-order valence-electron chi connectivity index (χ3n) is 6.43. The van der Waals surface area contributed by atoms with Gasteiger partial charge in [-0.3, -0.25) is 10.4 Å². The summed E-state index contributed by atoms with van der Waals surface area (Å²) in [5.41, 5.74) is 9.24. The fourth-order valence-corrected chi connectivity index (χ4v) is 5.39. The summed E-state index contributed by atoms with van der Waals surface area (Å²) in [4.78, 5) is 13.2. The molecule has 2 aromatic heterocycles. The molecule has 0 aliphatic carbocycles. The molecule has 2 aliphatic heterocycles. The molecule has 5 rings (SSSR count). The Morgan fingerprint density at radius 1 is 1.11 bits per heavy atom. The summed E-state index contributed by atoms with van der Waals surface area (Å²) >= 11 is 12.4. The molecular formula is C25H27Cl2N7O. The Labute approximate surface area is 214 Å². The predicted octanol–water partition coefficient (Wildman–Crippen LogP) is 4.37. The molecule has 8 nitrogen and oxygen atoms in total. The minimum absolute atomic E-state index is 0.286. The zero-order valence-electron chi connectivity index (χ0n) is 19.6. The van der Waals surface area contributed by atoms with E-state index in [1.54, 1.807) is 24.4 Å². The Morgan fingerprint density at radius 3 is 2.46 bits per heavy atom. The molecule has 0 unspecified atom stereocenters. The first kappa shape index (κ1) is 23.7. The number of rotatable bonds is 7. The van der Waals surface area contributed by atoms with Gasteiger partial charge in [0.25, 0.3) is 0 Å². The van der Waals surface area contributed by atoms with Crippen LogP contribution in [-0.4, -0.2) is 60.0 Å². The van der Waals surface area contributed by atoms with E-state index < -0.39 is 6.23 Å². The number of aromatic nitrogens is 2. The second kappa shape index (κ2) is 9.18. The topological polar surface area (TPSA) is 103 Å². The Morgan fingerprint density at radius 2 is 1.83 bits per heavy atom. The first-order chi connectivity index (χ1) is 16.7. The zero-order chi connectivity index (χ0) is 24.7. The van der Waals surface area contributed by atoms with Crippen molar-refractivity contribution in [3.8, 4) is 5.75 Å². The van der Waals surface area contributed by atoms with Gasteiger partial charge in [-0.05, 0) is 44.3 Å². The third-order valence-corrected chi connectivity index (χ3v) is 7.00. The lowest BCUT2D eigenvalue weighted by Crippen LogP contribution is -2.71. The van der Waals surface area contributed by atoms with Crippen LogP contribution in [0.2, 0.25) is 10.0 Å². The molecule has 0 saturated carbocycles. The Bertz CT molecular complexity index is 1230. The Balaban J connectivity index is 1.25. The predicted molar refractivity (Wildman–Crippen MR) is 141 cm³/mol. The van der Waals surface area contributed by atoms with Crippen LogP contribution < -0.4 is 20.7 Å². The first-order valence-electron chi connectivity index (χ1n) is 11.3. The van der Waals surface area contributed by atoms with Crippen LogP contribution in [0.1, 0.15) is 18.1 Å². The van der Waals surface area contributed by atoms with E-state index in [-0.39, 0.29) is 5.71 Å². The molecule has 0 amide bonds. The molecule has 1 aromatic carbocycles.